The molecule has 0 unspecified atom stereocenters. The zero-order valence-corrected chi connectivity index (χ0v) is 10.4. The van der Waals surface area contributed by atoms with Gasteiger partial charge in [0.1, 0.15) is 12.4 Å². The fraction of sp³-hybridized carbons (Fsp3) is 0.308. The lowest BCUT2D eigenvalue weighted by Gasteiger charge is -2.12. The third-order valence-electron chi connectivity index (χ3n) is 2.15. The van der Waals surface area contributed by atoms with Crippen molar-refractivity contribution in [2.75, 3.05) is 5.73 Å². The standard InChI is InChI=1S/C13H16N2O3/c1-9(2)18-13-11(14)5-6-12(15-13)17-8-10-4-3-7-16-10/h3-7,9H,8,14H2,1-2H3. The van der Waals surface area contributed by atoms with Gasteiger partial charge in [-0.05, 0) is 32.0 Å². The third-order valence-corrected chi connectivity index (χ3v) is 2.15. The van der Waals surface area contributed by atoms with Gasteiger partial charge in [0.25, 0.3) is 0 Å². The molecular formula is C13H16N2O3. The Hall–Kier alpha value is -2.17. The number of pyridine rings is 1. The van der Waals surface area contributed by atoms with Gasteiger partial charge in [0.2, 0.25) is 11.8 Å². The summed E-state index contributed by atoms with van der Waals surface area (Å²) in [4.78, 5) is 4.20. The Kier molecular flexibility index (Phi) is 3.72. The van der Waals surface area contributed by atoms with Gasteiger partial charge in [0, 0.05) is 6.07 Å². The molecule has 0 saturated heterocycles. The number of furan rings is 1. The van der Waals surface area contributed by atoms with Crippen molar-refractivity contribution < 1.29 is 13.9 Å². The summed E-state index contributed by atoms with van der Waals surface area (Å²) >= 11 is 0. The highest BCUT2D eigenvalue weighted by atomic mass is 16.5. The molecule has 2 aromatic heterocycles. The lowest BCUT2D eigenvalue weighted by Crippen LogP contribution is -2.09. The second-order valence-electron chi connectivity index (χ2n) is 4.08. The average Bonchev–Trinajstić information content (AvgIpc) is 2.82. The monoisotopic (exact) mass is 248 g/mol. The number of nitrogens with two attached hydrogens (primary N) is 1. The lowest BCUT2D eigenvalue weighted by molar-refractivity contribution is 0.222. The Labute approximate surface area is 106 Å². The van der Waals surface area contributed by atoms with E-state index in [9.17, 15) is 0 Å². The fourth-order valence-corrected chi connectivity index (χ4v) is 1.37. The molecular weight excluding hydrogens is 232 g/mol. The summed E-state index contributed by atoms with van der Waals surface area (Å²) in [6.45, 7) is 4.15. The molecule has 0 aliphatic heterocycles. The Morgan fingerprint density at radius 1 is 1.33 bits per heavy atom. The van der Waals surface area contributed by atoms with Gasteiger partial charge in [-0.3, -0.25) is 0 Å². The Bertz CT molecular complexity index is 495. The number of hydrogen-bond acceptors (Lipinski definition) is 5. The molecule has 0 spiro atoms. The van der Waals surface area contributed by atoms with Crippen molar-refractivity contribution in [3.05, 3.63) is 36.3 Å². The first kappa shape index (κ1) is 12.3. The minimum atomic E-state index is 0.0140. The van der Waals surface area contributed by atoms with Crippen LogP contribution < -0.4 is 15.2 Å². The molecule has 2 aromatic rings. The van der Waals surface area contributed by atoms with Gasteiger partial charge >= 0.3 is 0 Å². The minimum Gasteiger partial charge on any atom is -0.473 e. The fourth-order valence-electron chi connectivity index (χ4n) is 1.37. The first-order valence-electron chi connectivity index (χ1n) is 5.73. The second kappa shape index (κ2) is 5.44. The van der Waals surface area contributed by atoms with Crippen molar-refractivity contribution in [3.63, 3.8) is 0 Å². The maximum atomic E-state index is 5.77. The first-order chi connectivity index (χ1) is 8.65. The number of ether oxygens (including phenoxy) is 2. The van der Waals surface area contributed by atoms with E-state index >= 15 is 0 Å². The molecule has 0 radical (unpaired) electrons. The van der Waals surface area contributed by atoms with Gasteiger partial charge in [0.15, 0.2) is 0 Å². The summed E-state index contributed by atoms with van der Waals surface area (Å²) in [6, 6.07) is 7.05. The molecule has 2 rings (SSSR count). The van der Waals surface area contributed by atoms with Gasteiger partial charge in [0.05, 0.1) is 18.1 Å². The average molecular weight is 248 g/mol. The summed E-state index contributed by atoms with van der Waals surface area (Å²) in [5.41, 5.74) is 6.26. The van der Waals surface area contributed by atoms with Crippen molar-refractivity contribution in [2.45, 2.75) is 26.6 Å². The normalized spacial score (nSPS) is 10.6. The van der Waals surface area contributed by atoms with E-state index in [1.807, 2.05) is 26.0 Å². The molecule has 0 aliphatic carbocycles. The van der Waals surface area contributed by atoms with Crippen molar-refractivity contribution in [1.82, 2.24) is 4.98 Å². The molecule has 18 heavy (non-hydrogen) atoms. The van der Waals surface area contributed by atoms with E-state index in [2.05, 4.69) is 4.98 Å². The van der Waals surface area contributed by atoms with Crippen LogP contribution in [0.3, 0.4) is 0 Å². The van der Waals surface area contributed by atoms with Crippen LogP contribution >= 0.6 is 0 Å². The molecule has 0 aliphatic rings. The van der Waals surface area contributed by atoms with Crippen LogP contribution in [0.4, 0.5) is 5.69 Å². The van der Waals surface area contributed by atoms with Gasteiger partial charge in [-0.25, -0.2) is 0 Å². The zero-order valence-electron chi connectivity index (χ0n) is 10.4. The Balaban J connectivity index is 2.04. The van der Waals surface area contributed by atoms with Gasteiger partial charge < -0.3 is 19.6 Å². The van der Waals surface area contributed by atoms with Crippen LogP contribution in [0.1, 0.15) is 19.6 Å². The van der Waals surface area contributed by atoms with Crippen molar-refractivity contribution in [3.8, 4) is 11.8 Å². The smallest absolute Gasteiger partial charge is 0.240 e. The summed E-state index contributed by atoms with van der Waals surface area (Å²) in [6.07, 6.45) is 1.61. The zero-order chi connectivity index (χ0) is 13.0. The van der Waals surface area contributed by atoms with Crippen LogP contribution in [0.25, 0.3) is 0 Å². The van der Waals surface area contributed by atoms with E-state index in [0.717, 1.165) is 5.76 Å². The highest BCUT2D eigenvalue weighted by Crippen LogP contribution is 2.23. The van der Waals surface area contributed by atoms with E-state index in [0.29, 0.717) is 24.1 Å². The summed E-state index contributed by atoms with van der Waals surface area (Å²) in [7, 11) is 0. The lowest BCUT2D eigenvalue weighted by atomic mass is 10.4. The molecule has 2 heterocycles. The number of nitrogen functional groups attached to an aromatic ring is 1. The molecule has 0 aromatic carbocycles. The molecule has 2 N–H and O–H groups in total. The van der Waals surface area contributed by atoms with Gasteiger partial charge in [-0.1, -0.05) is 0 Å². The topological polar surface area (TPSA) is 70.5 Å². The van der Waals surface area contributed by atoms with E-state index in [1.165, 1.54) is 0 Å². The highest BCUT2D eigenvalue weighted by Gasteiger charge is 2.07. The molecule has 0 amide bonds. The number of anilines is 1. The van der Waals surface area contributed by atoms with Crippen molar-refractivity contribution >= 4 is 5.69 Å². The van der Waals surface area contributed by atoms with Gasteiger partial charge in [-0.15, -0.1) is 0 Å². The van der Waals surface area contributed by atoms with E-state index in [-0.39, 0.29) is 6.10 Å². The molecule has 0 saturated carbocycles. The van der Waals surface area contributed by atoms with Crippen LogP contribution in [0, 0.1) is 0 Å². The third kappa shape index (κ3) is 3.16. The van der Waals surface area contributed by atoms with Crippen molar-refractivity contribution in [1.29, 1.82) is 0 Å². The second-order valence-corrected chi connectivity index (χ2v) is 4.08. The Morgan fingerprint density at radius 2 is 2.17 bits per heavy atom. The van der Waals surface area contributed by atoms with E-state index in [1.54, 1.807) is 18.4 Å². The maximum absolute atomic E-state index is 5.77. The highest BCUT2D eigenvalue weighted by molar-refractivity contribution is 5.49. The summed E-state index contributed by atoms with van der Waals surface area (Å²) in [5.74, 6) is 1.58. The van der Waals surface area contributed by atoms with Crippen LogP contribution in [0.2, 0.25) is 0 Å². The molecule has 5 nitrogen and oxygen atoms in total. The SMILES string of the molecule is CC(C)Oc1nc(OCc2ccco2)ccc1N. The number of hydrogen-bond donors (Lipinski definition) is 1. The minimum absolute atomic E-state index is 0.0140. The molecule has 5 heteroatoms. The van der Waals surface area contributed by atoms with Gasteiger partial charge in [-0.2, -0.15) is 4.98 Å². The largest absolute Gasteiger partial charge is 0.473 e. The molecule has 0 fully saturated rings. The van der Waals surface area contributed by atoms with Crippen LogP contribution in [-0.2, 0) is 6.61 Å². The number of rotatable bonds is 5. The number of nitrogens with zero attached hydrogens (tertiary/aromatic N) is 1. The van der Waals surface area contributed by atoms with Crippen LogP contribution in [-0.4, -0.2) is 11.1 Å². The predicted octanol–water partition coefficient (Wildman–Crippen LogP) is 2.62. The summed E-state index contributed by atoms with van der Waals surface area (Å²) < 4.78 is 16.1. The summed E-state index contributed by atoms with van der Waals surface area (Å²) in [5, 5.41) is 0. The van der Waals surface area contributed by atoms with E-state index in [4.69, 9.17) is 19.6 Å². The molecule has 96 valence electrons. The van der Waals surface area contributed by atoms with Crippen LogP contribution in [0.5, 0.6) is 11.8 Å². The molecule has 0 atom stereocenters. The number of aromatic nitrogens is 1. The van der Waals surface area contributed by atoms with E-state index < -0.39 is 0 Å². The molecule has 0 bridgehead atoms. The Morgan fingerprint density at radius 3 is 2.83 bits per heavy atom. The van der Waals surface area contributed by atoms with Crippen LogP contribution in [0.15, 0.2) is 34.9 Å². The van der Waals surface area contributed by atoms with Crippen molar-refractivity contribution in [2.24, 2.45) is 0 Å². The predicted molar refractivity (Wildman–Crippen MR) is 67.5 cm³/mol. The quantitative estimate of drug-likeness (QED) is 0.880. The first-order valence-corrected chi connectivity index (χ1v) is 5.73. The maximum Gasteiger partial charge on any atom is 0.240 e.